The Bertz CT molecular complexity index is 930. The molecule has 1 fully saturated rings. The Labute approximate surface area is 142 Å². The zero-order valence-corrected chi connectivity index (χ0v) is 13.6. The molecule has 2 heterocycles. The van der Waals surface area contributed by atoms with Crippen LogP contribution in [0, 0.1) is 5.92 Å². The van der Waals surface area contributed by atoms with Crippen LogP contribution >= 0.6 is 0 Å². The molecule has 2 aromatic rings. The number of amides is 1. The van der Waals surface area contributed by atoms with Crippen molar-refractivity contribution in [2.75, 3.05) is 13.1 Å². The number of H-pyrrole nitrogens is 1. The first-order valence-corrected chi connectivity index (χ1v) is 8.20. The summed E-state index contributed by atoms with van der Waals surface area (Å²) in [5.74, 6) is -1.61. The van der Waals surface area contributed by atoms with Crippen LogP contribution in [0.1, 0.15) is 19.3 Å². The number of aliphatic carboxylic acids is 1. The van der Waals surface area contributed by atoms with Gasteiger partial charge in [-0.15, -0.1) is 0 Å². The minimum Gasteiger partial charge on any atom is -0.481 e. The second-order valence-electron chi connectivity index (χ2n) is 6.20. The highest BCUT2D eigenvalue weighted by Crippen LogP contribution is 2.17. The van der Waals surface area contributed by atoms with E-state index in [0.717, 1.165) is 0 Å². The molecule has 0 radical (unpaired) electrons. The van der Waals surface area contributed by atoms with Crippen LogP contribution in [-0.4, -0.2) is 44.5 Å². The molecule has 1 aromatic heterocycles. The van der Waals surface area contributed by atoms with Gasteiger partial charge in [-0.1, -0.05) is 12.1 Å². The van der Waals surface area contributed by atoms with Gasteiger partial charge in [-0.3, -0.25) is 23.9 Å². The number of aromatic amines is 1. The minimum atomic E-state index is -0.889. The normalized spacial score (nSPS) is 17.6. The lowest BCUT2D eigenvalue weighted by Crippen LogP contribution is -2.43. The van der Waals surface area contributed by atoms with Gasteiger partial charge in [0.05, 0.1) is 16.8 Å². The van der Waals surface area contributed by atoms with Crippen molar-refractivity contribution in [1.29, 1.82) is 0 Å². The fourth-order valence-corrected chi connectivity index (χ4v) is 3.24. The van der Waals surface area contributed by atoms with Crippen molar-refractivity contribution in [3.05, 3.63) is 45.1 Å². The molecule has 1 atom stereocenters. The van der Waals surface area contributed by atoms with Crippen LogP contribution in [0.3, 0.4) is 0 Å². The molecule has 0 aliphatic carbocycles. The summed E-state index contributed by atoms with van der Waals surface area (Å²) in [5, 5.41) is 9.50. The standard InChI is InChI=1S/C17H19N3O5/c21-14(19-8-3-4-11(10-19)16(23)24)7-9-20-13-6-2-1-5-12(13)15(22)18-17(20)25/h1-2,5-6,11H,3-4,7-10H2,(H,23,24)(H,18,22,25). The number of likely N-dealkylation sites (tertiary alicyclic amines) is 1. The number of carbonyl (C=O) groups is 2. The predicted octanol–water partition coefficient (Wildman–Crippen LogP) is 0.403. The van der Waals surface area contributed by atoms with E-state index < -0.39 is 23.1 Å². The number of piperidine rings is 1. The van der Waals surface area contributed by atoms with E-state index in [-0.39, 0.29) is 25.4 Å². The number of hydrogen-bond acceptors (Lipinski definition) is 4. The summed E-state index contributed by atoms with van der Waals surface area (Å²) in [6.45, 7) is 0.864. The number of rotatable bonds is 4. The smallest absolute Gasteiger partial charge is 0.328 e. The first-order valence-electron chi connectivity index (χ1n) is 8.20. The Balaban J connectivity index is 1.77. The van der Waals surface area contributed by atoms with Gasteiger partial charge in [0, 0.05) is 26.1 Å². The third-order valence-electron chi connectivity index (χ3n) is 4.58. The number of aromatic nitrogens is 2. The van der Waals surface area contributed by atoms with Crippen molar-refractivity contribution in [1.82, 2.24) is 14.5 Å². The van der Waals surface area contributed by atoms with Gasteiger partial charge in [-0.2, -0.15) is 0 Å². The fourth-order valence-electron chi connectivity index (χ4n) is 3.24. The molecule has 0 bridgehead atoms. The van der Waals surface area contributed by atoms with Gasteiger partial charge in [-0.25, -0.2) is 4.79 Å². The molecular weight excluding hydrogens is 326 g/mol. The fraction of sp³-hybridized carbons (Fsp3) is 0.412. The van der Waals surface area contributed by atoms with Crippen molar-refractivity contribution in [3.63, 3.8) is 0 Å². The Kier molecular flexibility index (Phi) is 4.69. The number of nitrogens with one attached hydrogen (secondary N) is 1. The van der Waals surface area contributed by atoms with Gasteiger partial charge in [-0.05, 0) is 25.0 Å². The largest absolute Gasteiger partial charge is 0.481 e. The van der Waals surface area contributed by atoms with Crippen LogP contribution in [0.4, 0.5) is 0 Å². The number of nitrogens with zero attached hydrogens (tertiary/aromatic N) is 2. The summed E-state index contributed by atoms with van der Waals surface area (Å²) in [6.07, 6.45) is 1.30. The molecule has 1 aliphatic rings. The number of para-hydroxylation sites is 1. The van der Waals surface area contributed by atoms with Crippen molar-refractivity contribution in [2.24, 2.45) is 5.92 Å². The Morgan fingerprint density at radius 2 is 2.00 bits per heavy atom. The summed E-state index contributed by atoms with van der Waals surface area (Å²) in [6, 6.07) is 6.71. The highest BCUT2D eigenvalue weighted by atomic mass is 16.4. The lowest BCUT2D eigenvalue weighted by molar-refractivity contribution is -0.145. The van der Waals surface area contributed by atoms with Gasteiger partial charge < -0.3 is 10.0 Å². The van der Waals surface area contributed by atoms with E-state index in [0.29, 0.717) is 30.3 Å². The van der Waals surface area contributed by atoms with Crippen molar-refractivity contribution in [3.8, 4) is 0 Å². The van der Waals surface area contributed by atoms with Crippen LogP contribution in [-0.2, 0) is 16.1 Å². The maximum atomic E-state index is 12.4. The average molecular weight is 345 g/mol. The van der Waals surface area contributed by atoms with E-state index in [2.05, 4.69) is 4.98 Å². The van der Waals surface area contributed by atoms with Crippen LogP contribution in [0.2, 0.25) is 0 Å². The van der Waals surface area contributed by atoms with Gasteiger partial charge in [0.25, 0.3) is 5.56 Å². The number of carboxylic acid groups (broad SMARTS) is 1. The molecule has 1 saturated heterocycles. The van der Waals surface area contributed by atoms with Gasteiger partial charge in [0.1, 0.15) is 0 Å². The second-order valence-corrected chi connectivity index (χ2v) is 6.20. The predicted molar refractivity (Wildman–Crippen MR) is 90.4 cm³/mol. The minimum absolute atomic E-state index is 0.0717. The van der Waals surface area contributed by atoms with Crippen molar-refractivity contribution < 1.29 is 14.7 Å². The Morgan fingerprint density at radius 1 is 1.24 bits per heavy atom. The first kappa shape index (κ1) is 16.9. The van der Waals surface area contributed by atoms with E-state index >= 15 is 0 Å². The molecule has 1 unspecified atom stereocenters. The molecule has 0 saturated carbocycles. The van der Waals surface area contributed by atoms with Gasteiger partial charge >= 0.3 is 11.7 Å². The molecule has 132 valence electrons. The first-order chi connectivity index (χ1) is 12.0. The number of carboxylic acids is 1. The Hall–Kier alpha value is -2.90. The van der Waals surface area contributed by atoms with E-state index in [1.165, 1.54) is 4.57 Å². The third kappa shape index (κ3) is 3.47. The Morgan fingerprint density at radius 3 is 2.76 bits per heavy atom. The lowest BCUT2D eigenvalue weighted by Gasteiger charge is -2.30. The van der Waals surface area contributed by atoms with E-state index in [9.17, 15) is 19.2 Å². The summed E-state index contributed by atoms with van der Waals surface area (Å²) in [5.41, 5.74) is -0.534. The van der Waals surface area contributed by atoms with Gasteiger partial charge in [0.15, 0.2) is 0 Å². The van der Waals surface area contributed by atoms with Crippen molar-refractivity contribution in [2.45, 2.75) is 25.8 Å². The average Bonchev–Trinajstić information content (AvgIpc) is 2.61. The van der Waals surface area contributed by atoms with Crippen LogP contribution in [0.5, 0.6) is 0 Å². The zero-order valence-electron chi connectivity index (χ0n) is 13.6. The number of benzene rings is 1. The molecular formula is C17H19N3O5. The van der Waals surface area contributed by atoms with Crippen molar-refractivity contribution >= 4 is 22.8 Å². The highest BCUT2D eigenvalue weighted by Gasteiger charge is 2.27. The second kappa shape index (κ2) is 6.92. The maximum absolute atomic E-state index is 12.4. The topological polar surface area (TPSA) is 112 Å². The molecule has 8 nitrogen and oxygen atoms in total. The molecule has 3 rings (SSSR count). The molecule has 8 heteroatoms. The molecule has 1 aliphatic heterocycles. The number of carbonyl (C=O) groups excluding carboxylic acids is 1. The summed E-state index contributed by atoms with van der Waals surface area (Å²) in [4.78, 5) is 51.2. The SMILES string of the molecule is O=C(O)C1CCCN(C(=O)CCn2c(=O)[nH]c(=O)c3ccccc32)C1. The highest BCUT2D eigenvalue weighted by molar-refractivity contribution is 5.79. The van der Waals surface area contributed by atoms with Crippen LogP contribution < -0.4 is 11.2 Å². The summed E-state index contributed by atoms with van der Waals surface area (Å²) in [7, 11) is 0. The molecule has 2 N–H and O–H groups in total. The van der Waals surface area contributed by atoms with E-state index in [1.807, 2.05) is 0 Å². The van der Waals surface area contributed by atoms with E-state index in [1.54, 1.807) is 29.2 Å². The van der Waals surface area contributed by atoms with Gasteiger partial charge in [0.2, 0.25) is 5.91 Å². The summed E-state index contributed by atoms with van der Waals surface area (Å²) < 4.78 is 1.37. The monoisotopic (exact) mass is 345 g/mol. The van der Waals surface area contributed by atoms with Crippen LogP contribution in [0.25, 0.3) is 10.9 Å². The van der Waals surface area contributed by atoms with E-state index in [4.69, 9.17) is 5.11 Å². The lowest BCUT2D eigenvalue weighted by atomic mass is 9.98. The maximum Gasteiger partial charge on any atom is 0.328 e. The zero-order chi connectivity index (χ0) is 18.0. The number of hydrogen-bond donors (Lipinski definition) is 2. The molecule has 25 heavy (non-hydrogen) atoms. The van der Waals surface area contributed by atoms with Crippen LogP contribution in [0.15, 0.2) is 33.9 Å². The molecule has 1 amide bonds. The number of fused-ring (bicyclic) bond motifs is 1. The molecule has 0 spiro atoms. The molecule has 1 aromatic carbocycles. The summed E-state index contributed by atoms with van der Waals surface area (Å²) >= 11 is 0. The third-order valence-corrected chi connectivity index (χ3v) is 4.58. The quantitative estimate of drug-likeness (QED) is 0.833. The number of aryl methyl sites for hydroxylation is 1.